The standard InChI is InChI=1S/C11H18F3N3O/c1-2-3-9(15)10(18)17-6-4-16(5-7-17)8-11(12,13)14/h2,9H,1,3-8,15H2. The molecule has 1 heterocycles. The molecular formula is C11H18F3N3O. The number of hydrogen-bond donors (Lipinski definition) is 1. The summed E-state index contributed by atoms with van der Waals surface area (Å²) in [5.74, 6) is -0.221. The van der Waals surface area contributed by atoms with Crippen LogP contribution in [0.4, 0.5) is 13.2 Å². The number of hydrogen-bond acceptors (Lipinski definition) is 3. The summed E-state index contributed by atoms with van der Waals surface area (Å²) in [6.07, 6.45) is -2.25. The van der Waals surface area contributed by atoms with E-state index in [1.54, 1.807) is 6.08 Å². The highest BCUT2D eigenvalue weighted by Crippen LogP contribution is 2.17. The van der Waals surface area contributed by atoms with Gasteiger partial charge in [0.05, 0.1) is 12.6 Å². The van der Waals surface area contributed by atoms with E-state index in [2.05, 4.69) is 6.58 Å². The van der Waals surface area contributed by atoms with Crippen LogP contribution in [0.2, 0.25) is 0 Å². The quantitative estimate of drug-likeness (QED) is 0.757. The second-order valence-electron chi connectivity index (χ2n) is 4.35. The number of carbonyl (C=O) groups is 1. The highest BCUT2D eigenvalue weighted by atomic mass is 19.4. The van der Waals surface area contributed by atoms with E-state index < -0.39 is 18.8 Å². The molecule has 18 heavy (non-hydrogen) atoms. The van der Waals surface area contributed by atoms with Crippen molar-refractivity contribution in [2.45, 2.75) is 18.6 Å². The van der Waals surface area contributed by atoms with Crippen LogP contribution >= 0.6 is 0 Å². The Labute approximate surface area is 104 Å². The number of rotatable bonds is 4. The summed E-state index contributed by atoms with van der Waals surface area (Å²) < 4.78 is 36.5. The van der Waals surface area contributed by atoms with Gasteiger partial charge < -0.3 is 10.6 Å². The Kier molecular flexibility index (Phi) is 5.15. The van der Waals surface area contributed by atoms with Crippen LogP contribution < -0.4 is 5.73 Å². The number of alkyl halides is 3. The molecular weight excluding hydrogens is 247 g/mol. The van der Waals surface area contributed by atoms with Gasteiger partial charge in [0.15, 0.2) is 0 Å². The molecule has 1 saturated heterocycles. The van der Waals surface area contributed by atoms with Gasteiger partial charge in [-0.05, 0) is 6.42 Å². The van der Waals surface area contributed by atoms with Crippen molar-refractivity contribution in [2.75, 3.05) is 32.7 Å². The lowest BCUT2D eigenvalue weighted by atomic mass is 10.1. The summed E-state index contributed by atoms with van der Waals surface area (Å²) in [6.45, 7) is 3.61. The predicted molar refractivity (Wildman–Crippen MR) is 61.9 cm³/mol. The van der Waals surface area contributed by atoms with Crippen molar-refractivity contribution in [1.82, 2.24) is 9.80 Å². The number of nitrogens with two attached hydrogens (primary N) is 1. The zero-order valence-electron chi connectivity index (χ0n) is 10.1. The summed E-state index contributed by atoms with van der Waals surface area (Å²) >= 11 is 0. The van der Waals surface area contributed by atoms with E-state index in [1.807, 2.05) is 0 Å². The fourth-order valence-electron chi connectivity index (χ4n) is 1.89. The van der Waals surface area contributed by atoms with Crippen molar-refractivity contribution in [3.05, 3.63) is 12.7 Å². The maximum atomic E-state index is 12.2. The third-order valence-corrected chi connectivity index (χ3v) is 2.82. The van der Waals surface area contributed by atoms with Crippen LogP contribution in [0.3, 0.4) is 0 Å². The average molecular weight is 265 g/mol. The lowest BCUT2D eigenvalue weighted by molar-refractivity contribution is -0.152. The normalized spacial score (nSPS) is 19.7. The molecule has 0 radical (unpaired) electrons. The van der Waals surface area contributed by atoms with Crippen LogP contribution in [0.15, 0.2) is 12.7 Å². The number of halogens is 3. The van der Waals surface area contributed by atoms with Crippen molar-refractivity contribution >= 4 is 5.91 Å². The summed E-state index contributed by atoms with van der Waals surface area (Å²) in [7, 11) is 0. The van der Waals surface area contributed by atoms with Gasteiger partial charge in [0.25, 0.3) is 0 Å². The largest absolute Gasteiger partial charge is 0.401 e. The zero-order valence-corrected chi connectivity index (χ0v) is 10.1. The van der Waals surface area contributed by atoms with Crippen LogP contribution in [-0.4, -0.2) is 60.6 Å². The molecule has 0 aromatic rings. The van der Waals surface area contributed by atoms with E-state index in [4.69, 9.17) is 5.73 Å². The third kappa shape index (κ3) is 4.66. The highest BCUT2D eigenvalue weighted by molar-refractivity contribution is 5.81. The van der Waals surface area contributed by atoms with Gasteiger partial charge in [-0.1, -0.05) is 6.08 Å². The molecule has 1 atom stereocenters. The van der Waals surface area contributed by atoms with Crippen LogP contribution in [0.1, 0.15) is 6.42 Å². The number of amides is 1. The average Bonchev–Trinajstić information content (AvgIpc) is 2.27. The van der Waals surface area contributed by atoms with Crippen LogP contribution in [0.5, 0.6) is 0 Å². The Morgan fingerprint density at radius 1 is 1.33 bits per heavy atom. The molecule has 0 bridgehead atoms. The second kappa shape index (κ2) is 6.19. The molecule has 0 aromatic heterocycles. The molecule has 0 saturated carbocycles. The fraction of sp³-hybridized carbons (Fsp3) is 0.727. The molecule has 1 aliphatic heterocycles. The summed E-state index contributed by atoms with van der Waals surface area (Å²) in [5, 5.41) is 0. The monoisotopic (exact) mass is 265 g/mol. The SMILES string of the molecule is C=CCC(N)C(=O)N1CCN(CC(F)(F)F)CC1. The lowest BCUT2D eigenvalue weighted by Gasteiger charge is -2.36. The van der Waals surface area contributed by atoms with Gasteiger partial charge in [-0.25, -0.2) is 0 Å². The Bertz CT molecular complexity index is 298. The molecule has 7 heteroatoms. The first-order chi connectivity index (χ1) is 8.33. The molecule has 0 spiro atoms. The maximum absolute atomic E-state index is 12.2. The molecule has 0 aromatic carbocycles. The van der Waals surface area contributed by atoms with Crippen LogP contribution in [-0.2, 0) is 4.79 Å². The number of piperazine rings is 1. The first kappa shape index (κ1) is 15.0. The number of carbonyl (C=O) groups excluding carboxylic acids is 1. The molecule has 0 aliphatic carbocycles. The van der Waals surface area contributed by atoms with Crippen LogP contribution in [0.25, 0.3) is 0 Å². The minimum absolute atomic E-state index is 0.221. The predicted octanol–water partition coefficient (Wildman–Crippen LogP) is 0.596. The molecule has 1 aliphatic rings. The topological polar surface area (TPSA) is 49.6 Å². The molecule has 1 unspecified atom stereocenters. The molecule has 104 valence electrons. The third-order valence-electron chi connectivity index (χ3n) is 2.82. The van der Waals surface area contributed by atoms with Crippen molar-refractivity contribution in [1.29, 1.82) is 0 Å². The van der Waals surface area contributed by atoms with Crippen molar-refractivity contribution in [3.8, 4) is 0 Å². The Hall–Kier alpha value is -1.08. The Balaban J connectivity index is 2.39. The van der Waals surface area contributed by atoms with E-state index in [0.717, 1.165) is 0 Å². The first-order valence-electron chi connectivity index (χ1n) is 5.78. The van der Waals surface area contributed by atoms with E-state index in [1.165, 1.54) is 9.80 Å². The van der Waals surface area contributed by atoms with Crippen molar-refractivity contribution < 1.29 is 18.0 Å². The molecule has 1 fully saturated rings. The van der Waals surface area contributed by atoms with Gasteiger partial charge >= 0.3 is 6.18 Å². The van der Waals surface area contributed by atoms with Crippen molar-refractivity contribution in [3.63, 3.8) is 0 Å². The molecule has 4 nitrogen and oxygen atoms in total. The molecule has 1 amide bonds. The van der Waals surface area contributed by atoms with Crippen molar-refractivity contribution in [2.24, 2.45) is 5.73 Å². The van der Waals surface area contributed by atoms with Gasteiger partial charge in [0.1, 0.15) is 0 Å². The van der Waals surface area contributed by atoms with Gasteiger partial charge in [-0.2, -0.15) is 13.2 Å². The molecule has 1 rings (SSSR count). The lowest BCUT2D eigenvalue weighted by Crippen LogP contribution is -2.54. The fourth-order valence-corrected chi connectivity index (χ4v) is 1.89. The smallest absolute Gasteiger partial charge is 0.339 e. The Morgan fingerprint density at radius 3 is 2.33 bits per heavy atom. The number of nitrogens with zero attached hydrogens (tertiary/aromatic N) is 2. The maximum Gasteiger partial charge on any atom is 0.401 e. The summed E-state index contributed by atoms with van der Waals surface area (Å²) in [5.41, 5.74) is 5.64. The van der Waals surface area contributed by atoms with E-state index in [0.29, 0.717) is 19.5 Å². The van der Waals surface area contributed by atoms with Gasteiger partial charge in [0, 0.05) is 26.2 Å². The summed E-state index contributed by atoms with van der Waals surface area (Å²) in [6, 6.07) is -0.642. The Morgan fingerprint density at radius 2 is 1.89 bits per heavy atom. The van der Waals surface area contributed by atoms with Gasteiger partial charge in [-0.3, -0.25) is 9.69 Å². The van der Waals surface area contributed by atoms with E-state index in [-0.39, 0.29) is 19.0 Å². The second-order valence-corrected chi connectivity index (χ2v) is 4.35. The van der Waals surface area contributed by atoms with Gasteiger partial charge in [-0.15, -0.1) is 6.58 Å². The minimum Gasteiger partial charge on any atom is -0.339 e. The van der Waals surface area contributed by atoms with E-state index >= 15 is 0 Å². The van der Waals surface area contributed by atoms with E-state index in [9.17, 15) is 18.0 Å². The summed E-state index contributed by atoms with van der Waals surface area (Å²) in [4.78, 5) is 14.6. The van der Waals surface area contributed by atoms with Crippen LogP contribution in [0, 0.1) is 0 Å². The zero-order chi connectivity index (χ0) is 13.8. The minimum atomic E-state index is -4.19. The van der Waals surface area contributed by atoms with Gasteiger partial charge in [0.2, 0.25) is 5.91 Å². The highest BCUT2D eigenvalue weighted by Gasteiger charge is 2.33. The molecule has 2 N–H and O–H groups in total. The first-order valence-corrected chi connectivity index (χ1v) is 5.78.